The number of nitrogens with one attached hydrogen (secondary N) is 1. The van der Waals surface area contributed by atoms with Gasteiger partial charge in [0, 0.05) is 16.1 Å². The highest BCUT2D eigenvalue weighted by Crippen LogP contribution is 2.26. The number of carboxylic acid groups (broad SMARTS) is 1. The predicted molar refractivity (Wildman–Crippen MR) is 95.0 cm³/mol. The zero-order valence-corrected chi connectivity index (χ0v) is 15.1. The molecule has 2 N–H and O–H groups in total. The molecule has 0 saturated carbocycles. The summed E-state index contributed by atoms with van der Waals surface area (Å²) in [6, 6.07) is 5.16. The number of carbonyl (C=O) groups excluding carboxylic acids is 1. The number of hydrogen-bond acceptors (Lipinski definition) is 4. The Hall–Kier alpha value is -1.99. The summed E-state index contributed by atoms with van der Waals surface area (Å²) in [5.41, 5.74) is -0.316. The fourth-order valence-corrected chi connectivity index (χ4v) is 2.91. The molecule has 1 aromatic carbocycles. The highest BCUT2D eigenvalue weighted by atomic mass is 35.5. The fourth-order valence-electron chi connectivity index (χ4n) is 1.95. The second kappa shape index (κ2) is 7.27. The molecule has 0 saturated heterocycles. The van der Waals surface area contributed by atoms with E-state index in [0.717, 1.165) is 10.6 Å². The Labute approximate surface area is 149 Å². The number of carboxylic acids is 1. The third-order valence-corrected chi connectivity index (χ3v) is 4.61. The van der Waals surface area contributed by atoms with E-state index in [2.05, 4.69) is 10.4 Å². The third-order valence-electron chi connectivity index (χ3n) is 3.42. The Balaban J connectivity index is 2.24. The van der Waals surface area contributed by atoms with Crippen molar-refractivity contribution in [2.45, 2.75) is 31.2 Å². The maximum Gasteiger partial charge on any atom is 0.331 e. The second-order valence-electron chi connectivity index (χ2n) is 5.57. The van der Waals surface area contributed by atoms with E-state index in [0.29, 0.717) is 16.3 Å². The number of carbonyl (C=O) groups is 2. The summed E-state index contributed by atoms with van der Waals surface area (Å²) >= 11 is 7.54. The molecule has 0 atom stereocenters. The number of aliphatic carboxylic acids is 1. The maximum atomic E-state index is 12.5. The summed E-state index contributed by atoms with van der Waals surface area (Å²) in [5, 5.41) is 16.4. The second-order valence-corrected chi connectivity index (χ2v) is 7.31. The summed E-state index contributed by atoms with van der Waals surface area (Å²) in [6.45, 7) is 5.06. The largest absolute Gasteiger partial charge is 0.479 e. The van der Waals surface area contributed by atoms with E-state index in [4.69, 9.17) is 11.6 Å². The lowest BCUT2D eigenvalue weighted by Crippen LogP contribution is -2.35. The fraction of sp³-hybridized carbons (Fsp3) is 0.312. The van der Waals surface area contributed by atoms with Crippen molar-refractivity contribution in [3.05, 3.63) is 41.2 Å². The topological polar surface area (TPSA) is 84.2 Å². The molecule has 0 aliphatic rings. The van der Waals surface area contributed by atoms with Crippen LogP contribution in [0.1, 0.15) is 31.1 Å². The average Bonchev–Trinajstić information content (AvgIpc) is 2.98. The summed E-state index contributed by atoms with van der Waals surface area (Å²) < 4.78 is 1.30. The van der Waals surface area contributed by atoms with Crippen LogP contribution in [0.25, 0.3) is 0 Å². The third kappa shape index (κ3) is 3.91. The Bertz CT molecular complexity index is 774. The van der Waals surface area contributed by atoms with E-state index in [1.807, 2.05) is 13.0 Å². The highest BCUT2D eigenvalue weighted by Gasteiger charge is 2.30. The van der Waals surface area contributed by atoms with Crippen LogP contribution >= 0.6 is 23.4 Å². The number of hydrogen-bond donors (Lipinski definition) is 2. The first-order chi connectivity index (χ1) is 11.3. The number of amides is 1. The predicted octanol–water partition coefficient (Wildman–Crippen LogP) is 3.72. The Kier molecular flexibility index (Phi) is 5.56. The van der Waals surface area contributed by atoms with Gasteiger partial charge in [0.2, 0.25) is 0 Å². The molecule has 0 spiro atoms. The lowest BCUT2D eigenvalue weighted by Gasteiger charge is -2.19. The lowest BCUT2D eigenvalue weighted by atomic mass is 10.1. The van der Waals surface area contributed by atoms with Gasteiger partial charge in [-0.1, -0.05) is 18.5 Å². The molecule has 0 bridgehead atoms. The van der Waals surface area contributed by atoms with Crippen molar-refractivity contribution >= 4 is 40.9 Å². The van der Waals surface area contributed by atoms with Crippen LogP contribution in [-0.4, -0.2) is 32.5 Å². The molecule has 1 heterocycles. The first-order valence-corrected chi connectivity index (χ1v) is 8.64. The number of anilines is 1. The molecule has 2 rings (SSSR count). The van der Waals surface area contributed by atoms with Gasteiger partial charge in [-0.15, -0.1) is 11.8 Å². The SMILES string of the molecule is CCSc1ccc(Cl)cc1C(=O)Nc1cnn(C(C)(C)C(=O)O)c1. The van der Waals surface area contributed by atoms with Crippen LogP contribution in [-0.2, 0) is 10.3 Å². The van der Waals surface area contributed by atoms with Crippen LogP contribution in [0, 0.1) is 0 Å². The first-order valence-electron chi connectivity index (χ1n) is 7.28. The summed E-state index contributed by atoms with van der Waals surface area (Å²) in [5.74, 6) is -0.506. The van der Waals surface area contributed by atoms with E-state index in [1.54, 1.807) is 23.9 Å². The van der Waals surface area contributed by atoms with Gasteiger partial charge in [-0.05, 0) is 37.8 Å². The van der Waals surface area contributed by atoms with Crippen molar-refractivity contribution in [1.82, 2.24) is 9.78 Å². The number of nitrogens with zero attached hydrogens (tertiary/aromatic N) is 2. The normalized spacial score (nSPS) is 11.3. The molecule has 24 heavy (non-hydrogen) atoms. The van der Waals surface area contributed by atoms with E-state index in [9.17, 15) is 14.7 Å². The van der Waals surface area contributed by atoms with Crippen LogP contribution in [0.15, 0.2) is 35.5 Å². The molecule has 0 aliphatic heterocycles. The monoisotopic (exact) mass is 367 g/mol. The molecule has 0 aliphatic carbocycles. The lowest BCUT2D eigenvalue weighted by molar-refractivity contribution is -0.146. The van der Waals surface area contributed by atoms with Crippen LogP contribution in [0.2, 0.25) is 5.02 Å². The minimum Gasteiger partial charge on any atom is -0.479 e. The Morgan fingerprint density at radius 1 is 1.42 bits per heavy atom. The molecular formula is C16H18ClN3O3S. The number of aromatic nitrogens is 2. The highest BCUT2D eigenvalue weighted by molar-refractivity contribution is 7.99. The summed E-state index contributed by atoms with van der Waals surface area (Å²) in [7, 11) is 0. The van der Waals surface area contributed by atoms with Crippen molar-refractivity contribution in [3.8, 4) is 0 Å². The van der Waals surface area contributed by atoms with Gasteiger partial charge in [0.1, 0.15) is 0 Å². The van der Waals surface area contributed by atoms with Gasteiger partial charge in [-0.25, -0.2) is 4.79 Å². The van der Waals surface area contributed by atoms with Gasteiger partial charge in [0.15, 0.2) is 5.54 Å². The van der Waals surface area contributed by atoms with Crippen molar-refractivity contribution in [2.24, 2.45) is 0 Å². The number of rotatable bonds is 6. The minimum absolute atomic E-state index is 0.318. The molecule has 0 radical (unpaired) electrons. The van der Waals surface area contributed by atoms with Gasteiger partial charge in [0.05, 0.1) is 17.4 Å². The van der Waals surface area contributed by atoms with E-state index >= 15 is 0 Å². The molecule has 2 aromatic rings. The first kappa shape index (κ1) is 18.4. The van der Waals surface area contributed by atoms with Gasteiger partial charge >= 0.3 is 5.97 Å². The summed E-state index contributed by atoms with van der Waals surface area (Å²) in [6.07, 6.45) is 2.91. The molecule has 8 heteroatoms. The Morgan fingerprint density at radius 2 is 2.12 bits per heavy atom. The van der Waals surface area contributed by atoms with Crippen LogP contribution in [0.4, 0.5) is 5.69 Å². The van der Waals surface area contributed by atoms with E-state index < -0.39 is 11.5 Å². The molecular weight excluding hydrogens is 350 g/mol. The molecule has 128 valence electrons. The molecule has 0 unspecified atom stereocenters. The maximum absolute atomic E-state index is 12.5. The zero-order chi connectivity index (χ0) is 17.9. The van der Waals surface area contributed by atoms with Crippen LogP contribution in [0.5, 0.6) is 0 Å². The Morgan fingerprint density at radius 3 is 2.75 bits per heavy atom. The van der Waals surface area contributed by atoms with Crippen molar-refractivity contribution in [1.29, 1.82) is 0 Å². The number of benzene rings is 1. The van der Waals surface area contributed by atoms with E-state index in [-0.39, 0.29) is 5.91 Å². The molecule has 6 nitrogen and oxygen atoms in total. The number of halogens is 1. The van der Waals surface area contributed by atoms with Gasteiger partial charge in [0.25, 0.3) is 5.91 Å². The average molecular weight is 368 g/mol. The van der Waals surface area contributed by atoms with Crippen LogP contribution < -0.4 is 5.32 Å². The quantitative estimate of drug-likeness (QED) is 0.760. The standard InChI is InChI=1S/C16H18ClN3O3S/c1-4-24-13-6-5-10(17)7-12(13)14(21)19-11-8-18-20(9-11)16(2,3)15(22)23/h5-9H,4H2,1-3H3,(H,19,21)(H,22,23). The van der Waals surface area contributed by atoms with Crippen molar-refractivity contribution in [3.63, 3.8) is 0 Å². The summed E-state index contributed by atoms with van der Waals surface area (Å²) in [4.78, 5) is 24.6. The van der Waals surface area contributed by atoms with E-state index in [1.165, 1.54) is 30.9 Å². The van der Waals surface area contributed by atoms with Crippen LogP contribution in [0.3, 0.4) is 0 Å². The smallest absolute Gasteiger partial charge is 0.331 e. The minimum atomic E-state index is -1.21. The van der Waals surface area contributed by atoms with Gasteiger partial charge in [-0.3, -0.25) is 9.48 Å². The molecule has 0 fully saturated rings. The number of thioether (sulfide) groups is 1. The van der Waals surface area contributed by atoms with Gasteiger partial charge < -0.3 is 10.4 Å². The molecule has 1 aromatic heterocycles. The van der Waals surface area contributed by atoms with Crippen molar-refractivity contribution in [2.75, 3.05) is 11.1 Å². The van der Waals surface area contributed by atoms with Gasteiger partial charge in [-0.2, -0.15) is 5.10 Å². The zero-order valence-electron chi connectivity index (χ0n) is 13.5. The van der Waals surface area contributed by atoms with Crippen molar-refractivity contribution < 1.29 is 14.7 Å². The molecule has 1 amide bonds.